The molecule has 2 heterocycles. The predicted molar refractivity (Wildman–Crippen MR) is 95.2 cm³/mol. The number of carbonyl (C=O) groups excluding carboxylic acids is 3. The second kappa shape index (κ2) is 5.76. The molecule has 6 heteroatoms. The van der Waals surface area contributed by atoms with Crippen molar-refractivity contribution in [3.05, 3.63) is 53.1 Å². The first-order valence-corrected chi connectivity index (χ1v) is 8.52. The number of ether oxygens (including phenoxy) is 1. The minimum absolute atomic E-state index is 0.172. The van der Waals surface area contributed by atoms with Gasteiger partial charge >= 0.3 is 0 Å². The Kier molecular flexibility index (Phi) is 3.64. The van der Waals surface area contributed by atoms with Crippen LogP contribution in [0.1, 0.15) is 37.8 Å². The van der Waals surface area contributed by atoms with Gasteiger partial charge in [-0.25, -0.2) is 0 Å². The molecule has 3 aliphatic rings. The van der Waals surface area contributed by atoms with Crippen LogP contribution in [0, 0.1) is 0 Å². The number of aliphatic imine (C=N–C) groups is 1. The van der Waals surface area contributed by atoms with Crippen LogP contribution < -0.4 is 0 Å². The van der Waals surface area contributed by atoms with Crippen LogP contribution in [0.25, 0.3) is 5.76 Å². The zero-order valence-electron chi connectivity index (χ0n) is 14.6. The van der Waals surface area contributed by atoms with Gasteiger partial charge in [0, 0.05) is 28.9 Å². The number of carbonyl (C=O) groups is 3. The second-order valence-corrected chi connectivity index (χ2v) is 7.13. The highest BCUT2D eigenvalue weighted by Gasteiger charge is 2.38. The number of nitrogens with zero attached hydrogens (tertiary/aromatic N) is 2. The Hall–Kier alpha value is -3.02. The lowest BCUT2D eigenvalue weighted by Gasteiger charge is -2.36. The number of hydrogen-bond acceptors (Lipinski definition) is 5. The van der Waals surface area contributed by atoms with Crippen molar-refractivity contribution < 1.29 is 19.1 Å². The molecule has 1 aromatic carbocycles. The minimum Gasteiger partial charge on any atom is -0.487 e. The molecule has 0 atom stereocenters. The summed E-state index contributed by atoms with van der Waals surface area (Å²) < 4.78 is 6.11. The van der Waals surface area contributed by atoms with Crippen LogP contribution in [0.2, 0.25) is 0 Å². The third-order valence-corrected chi connectivity index (χ3v) is 4.82. The lowest BCUT2D eigenvalue weighted by molar-refractivity contribution is -0.136. The Bertz CT molecular complexity index is 919. The molecule has 0 radical (unpaired) electrons. The number of amides is 2. The Balaban J connectivity index is 1.75. The van der Waals surface area contributed by atoms with Gasteiger partial charge in [-0.15, -0.1) is 0 Å². The Morgan fingerprint density at radius 1 is 1.08 bits per heavy atom. The van der Waals surface area contributed by atoms with E-state index in [0.717, 1.165) is 16.9 Å². The molecule has 4 rings (SSSR count). The Morgan fingerprint density at radius 3 is 2.42 bits per heavy atom. The molecule has 0 unspecified atom stereocenters. The molecule has 2 amide bonds. The highest BCUT2D eigenvalue weighted by molar-refractivity contribution is 6.54. The number of fused-ring (bicyclic) bond motifs is 2. The van der Waals surface area contributed by atoms with Gasteiger partial charge in [-0.3, -0.25) is 24.3 Å². The van der Waals surface area contributed by atoms with Gasteiger partial charge in [0.15, 0.2) is 0 Å². The molecule has 0 saturated heterocycles. The first kappa shape index (κ1) is 16.4. The molecule has 0 saturated carbocycles. The highest BCUT2D eigenvalue weighted by Crippen LogP contribution is 2.41. The summed E-state index contributed by atoms with van der Waals surface area (Å²) in [6, 6.07) is 7.43. The fourth-order valence-electron chi connectivity index (χ4n) is 3.38. The van der Waals surface area contributed by atoms with Gasteiger partial charge in [-0.05, 0) is 26.7 Å². The minimum atomic E-state index is -0.418. The number of allylic oxidation sites excluding steroid dienone is 1. The fourth-order valence-corrected chi connectivity index (χ4v) is 3.38. The predicted octanol–water partition coefficient (Wildman–Crippen LogP) is 2.24. The molecule has 2 aliphatic heterocycles. The molecule has 0 spiro atoms. The van der Waals surface area contributed by atoms with Crippen LogP contribution in [0.3, 0.4) is 0 Å². The van der Waals surface area contributed by atoms with E-state index in [2.05, 4.69) is 4.99 Å². The molecule has 26 heavy (non-hydrogen) atoms. The average Bonchev–Trinajstić information content (AvgIpc) is 2.92. The van der Waals surface area contributed by atoms with Crippen LogP contribution in [-0.4, -0.2) is 40.5 Å². The summed E-state index contributed by atoms with van der Waals surface area (Å²) in [5.74, 6) is -0.408. The SMILES string of the molecule is CC1(C)CCC2=C(O1)c1ccccc1C(=NCN1C(=O)C=CC1=O)C2=O. The average molecular weight is 350 g/mol. The normalized spacial score (nSPS) is 22.6. The van der Waals surface area contributed by atoms with E-state index in [1.54, 1.807) is 0 Å². The number of rotatable bonds is 2. The van der Waals surface area contributed by atoms with Crippen molar-refractivity contribution in [2.45, 2.75) is 32.3 Å². The van der Waals surface area contributed by atoms with Crippen molar-refractivity contribution >= 4 is 29.1 Å². The lowest BCUT2D eigenvalue weighted by Crippen LogP contribution is -2.36. The summed E-state index contributed by atoms with van der Waals surface area (Å²) in [5.41, 5.74) is 2.04. The molecule has 0 fully saturated rings. The highest BCUT2D eigenvalue weighted by atomic mass is 16.5. The summed E-state index contributed by atoms with van der Waals surface area (Å²) in [4.78, 5) is 41.8. The van der Waals surface area contributed by atoms with Crippen LogP contribution in [0.15, 0.2) is 47.0 Å². The van der Waals surface area contributed by atoms with Crippen molar-refractivity contribution in [3.63, 3.8) is 0 Å². The molecular weight excluding hydrogens is 332 g/mol. The van der Waals surface area contributed by atoms with E-state index in [9.17, 15) is 14.4 Å². The van der Waals surface area contributed by atoms with E-state index < -0.39 is 11.8 Å². The maximum atomic E-state index is 13.0. The van der Waals surface area contributed by atoms with Gasteiger partial charge in [0.1, 0.15) is 23.7 Å². The Morgan fingerprint density at radius 2 is 1.73 bits per heavy atom. The van der Waals surface area contributed by atoms with Crippen LogP contribution in [0.4, 0.5) is 0 Å². The summed E-state index contributed by atoms with van der Waals surface area (Å²) >= 11 is 0. The number of benzene rings is 1. The van der Waals surface area contributed by atoms with E-state index in [0.29, 0.717) is 23.3 Å². The largest absolute Gasteiger partial charge is 0.487 e. The molecular formula is C20H18N2O4. The molecule has 6 nitrogen and oxygen atoms in total. The number of hydrogen-bond donors (Lipinski definition) is 0. The topological polar surface area (TPSA) is 76.0 Å². The molecule has 0 bridgehead atoms. The number of ketones is 1. The van der Waals surface area contributed by atoms with Gasteiger partial charge in [0.25, 0.3) is 11.8 Å². The maximum absolute atomic E-state index is 13.0. The molecule has 0 aromatic heterocycles. The Labute approximate surface area is 150 Å². The summed E-state index contributed by atoms with van der Waals surface area (Å²) in [5, 5.41) is 0. The third-order valence-electron chi connectivity index (χ3n) is 4.82. The number of Topliss-reactive ketones (excluding diaryl/α,β-unsaturated/α-hetero) is 1. The smallest absolute Gasteiger partial charge is 0.255 e. The third kappa shape index (κ3) is 2.58. The first-order chi connectivity index (χ1) is 12.4. The second-order valence-electron chi connectivity index (χ2n) is 7.13. The quantitative estimate of drug-likeness (QED) is 0.767. The van der Waals surface area contributed by atoms with E-state index in [4.69, 9.17) is 4.74 Å². The summed E-state index contributed by atoms with van der Waals surface area (Å²) in [7, 11) is 0. The van der Waals surface area contributed by atoms with Gasteiger partial charge in [0.2, 0.25) is 5.78 Å². The summed E-state index contributed by atoms with van der Waals surface area (Å²) in [6.07, 6.45) is 3.76. The van der Waals surface area contributed by atoms with Gasteiger partial charge in [0.05, 0.1) is 0 Å². The van der Waals surface area contributed by atoms with Gasteiger partial charge in [-0.1, -0.05) is 24.3 Å². The van der Waals surface area contributed by atoms with Crippen molar-refractivity contribution in [2.24, 2.45) is 4.99 Å². The molecule has 132 valence electrons. The molecule has 1 aromatic rings. The number of imide groups is 1. The van der Waals surface area contributed by atoms with Crippen molar-refractivity contribution in [2.75, 3.05) is 6.67 Å². The zero-order chi connectivity index (χ0) is 18.5. The van der Waals surface area contributed by atoms with E-state index >= 15 is 0 Å². The van der Waals surface area contributed by atoms with Crippen molar-refractivity contribution in [1.82, 2.24) is 4.90 Å². The first-order valence-electron chi connectivity index (χ1n) is 8.52. The van der Waals surface area contributed by atoms with E-state index in [-0.39, 0.29) is 23.8 Å². The van der Waals surface area contributed by atoms with E-state index in [1.165, 1.54) is 12.2 Å². The van der Waals surface area contributed by atoms with Crippen molar-refractivity contribution in [1.29, 1.82) is 0 Å². The fraction of sp³-hybridized carbons (Fsp3) is 0.300. The maximum Gasteiger partial charge on any atom is 0.255 e. The summed E-state index contributed by atoms with van der Waals surface area (Å²) in [6.45, 7) is 3.84. The van der Waals surface area contributed by atoms with Crippen molar-refractivity contribution in [3.8, 4) is 0 Å². The van der Waals surface area contributed by atoms with Crippen LogP contribution >= 0.6 is 0 Å². The van der Waals surface area contributed by atoms with E-state index in [1.807, 2.05) is 38.1 Å². The molecule has 1 aliphatic carbocycles. The lowest BCUT2D eigenvalue weighted by atomic mass is 9.82. The van der Waals surface area contributed by atoms with Crippen LogP contribution in [-0.2, 0) is 19.1 Å². The van der Waals surface area contributed by atoms with Gasteiger partial charge < -0.3 is 4.74 Å². The standard InChI is InChI=1S/C20H18N2O4/c1-20(2)10-9-14-18(25)17(21-11-22-15(23)7-8-16(22)24)12-5-3-4-6-13(12)19(14)26-20/h3-8H,9-11H2,1-2H3. The van der Waals surface area contributed by atoms with Gasteiger partial charge in [-0.2, -0.15) is 0 Å². The molecule has 0 N–H and O–H groups in total. The monoisotopic (exact) mass is 350 g/mol. The van der Waals surface area contributed by atoms with Crippen LogP contribution in [0.5, 0.6) is 0 Å². The zero-order valence-corrected chi connectivity index (χ0v) is 14.6.